The van der Waals surface area contributed by atoms with Gasteiger partial charge in [-0.3, -0.25) is 0 Å². The maximum absolute atomic E-state index is 12.6. The van der Waals surface area contributed by atoms with Gasteiger partial charge in [-0.2, -0.15) is 13.2 Å². The van der Waals surface area contributed by atoms with Crippen molar-refractivity contribution >= 4 is 0 Å². The van der Waals surface area contributed by atoms with Gasteiger partial charge in [0.2, 0.25) is 0 Å². The van der Waals surface area contributed by atoms with Crippen molar-refractivity contribution in [3.8, 4) is 0 Å². The molecule has 1 aliphatic heterocycles. The fourth-order valence-corrected chi connectivity index (χ4v) is 2.79. The molecular formula is C15H20F3N. The van der Waals surface area contributed by atoms with Crippen LogP contribution in [0.4, 0.5) is 13.2 Å². The second-order valence-electron chi connectivity index (χ2n) is 5.50. The first kappa shape index (κ1) is 14.4. The van der Waals surface area contributed by atoms with Crippen LogP contribution in [-0.4, -0.2) is 18.8 Å². The SMILES string of the molecule is Cc1cccc(C)c1CC1CCC(C(F)(F)F)CN1. The van der Waals surface area contributed by atoms with Crippen LogP contribution in [0.5, 0.6) is 0 Å². The van der Waals surface area contributed by atoms with E-state index in [0.29, 0.717) is 6.42 Å². The smallest absolute Gasteiger partial charge is 0.313 e. The maximum Gasteiger partial charge on any atom is 0.393 e. The molecule has 0 bridgehead atoms. The Morgan fingerprint density at radius 1 is 1.16 bits per heavy atom. The molecule has 0 saturated carbocycles. The summed E-state index contributed by atoms with van der Waals surface area (Å²) < 4.78 is 37.8. The van der Waals surface area contributed by atoms with Gasteiger partial charge in [0.1, 0.15) is 0 Å². The first-order chi connectivity index (χ1) is 8.88. The van der Waals surface area contributed by atoms with E-state index in [1.165, 1.54) is 16.7 Å². The van der Waals surface area contributed by atoms with Crippen molar-refractivity contribution in [3.63, 3.8) is 0 Å². The lowest BCUT2D eigenvalue weighted by molar-refractivity contribution is -0.179. The van der Waals surface area contributed by atoms with E-state index in [0.717, 1.165) is 6.42 Å². The Kier molecular flexibility index (Phi) is 4.19. The molecule has 2 atom stereocenters. The second kappa shape index (κ2) is 5.53. The lowest BCUT2D eigenvalue weighted by Gasteiger charge is -2.31. The molecule has 2 rings (SSSR count). The Morgan fingerprint density at radius 3 is 2.26 bits per heavy atom. The van der Waals surface area contributed by atoms with Crippen LogP contribution in [0, 0.1) is 19.8 Å². The van der Waals surface area contributed by atoms with Gasteiger partial charge in [-0.05, 0) is 49.8 Å². The molecule has 1 aromatic rings. The van der Waals surface area contributed by atoms with Gasteiger partial charge in [0.15, 0.2) is 0 Å². The van der Waals surface area contributed by atoms with Gasteiger partial charge >= 0.3 is 6.18 Å². The summed E-state index contributed by atoms with van der Waals surface area (Å²) in [5.41, 5.74) is 3.71. The molecule has 1 aromatic carbocycles. The number of nitrogens with one attached hydrogen (secondary N) is 1. The lowest BCUT2D eigenvalue weighted by atomic mass is 9.88. The molecule has 1 nitrogen and oxygen atoms in total. The van der Waals surface area contributed by atoms with E-state index >= 15 is 0 Å². The Morgan fingerprint density at radius 2 is 1.79 bits per heavy atom. The van der Waals surface area contributed by atoms with Crippen molar-refractivity contribution in [3.05, 3.63) is 34.9 Å². The minimum Gasteiger partial charge on any atom is -0.313 e. The fourth-order valence-electron chi connectivity index (χ4n) is 2.79. The zero-order valence-corrected chi connectivity index (χ0v) is 11.3. The van der Waals surface area contributed by atoms with Crippen LogP contribution in [0.15, 0.2) is 18.2 Å². The van der Waals surface area contributed by atoms with Crippen molar-refractivity contribution in [1.29, 1.82) is 0 Å². The summed E-state index contributed by atoms with van der Waals surface area (Å²) in [5, 5.41) is 3.06. The predicted octanol–water partition coefficient (Wildman–Crippen LogP) is 3.78. The minimum atomic E-state index is -4.06. The third kappa shape index (κ3) is 3.50. The highest BCUT2D eigenvalue weighted by Gasteiger charge is 2.41. The average Bonchev–Trinajstić information content (AvgIpc) is 2.33. The summed E-state index contributed by atoms with van der Waals surface area (Å²) in [6.45, 7) is 4.17. The first-order valence-electron chi connectivity index (χ1n) is 6.73. The number of alkyl halides is 3. The normalized spacial score (nSPS) is 24.5. The van der Waals surface area contributed by atoms with E-state index in [-0.39, 0.29) is 19.0 Å². The van der Waals surface area contributed by atoms with Gasteiger partial charge in [0.25, 0.3) is 0 Å². The van der Waals surface area contributed by atoms with E-state index in [2.05, 4.69) is 31.3 Å². The molecule has 4 heteroatoms. The molecule has 1 N–H and O–H groups in total. The number of benzene rings is 1. The van der Waals surface area contributed by atoms with Crippen LogP contribution < -0.4 is 5.32 Å². The number of halogens is 3. The van der Waals surface area contributed by atoms with Crippen LogP contribution in [-0.2, 0) is 6.42 Å². The number of hydrogen-bond donors (Lipinski definition) is 1. The van der Waals surface area contributed by atoms with Crippen LogP contribution in [0.25, 0.3) is 0 Å². The van der Waals surface area contributed by atoms with Crippen molar-refractivity contribution < 1.29 is 13.2 Å². The van der Waals surface area contributed by atoms with Gasteiger partial charge < -0.3 is 5.32 Å². The highest BCUT2D eigenvalue weighted by molar-refractivity contribution is 5.34. The number of hydrogen-bond acceptors (Lipinski definition) is 1. The first-order valence-corrected chi connectivity index (χ1v) is 6.73. The summed E-state index contributed by atoms with van der Waals surface area (Å²) in [6, 6.07) is 6.30. The maximum atomic E-state index is 12.6. The zero-order valence-electron chi connectivity index (χ0n) is 11.3. The van der Waals surface area contributed by atoms with Crippen LogP contribution in [0.2, 0.25) is 0 Å². The van der Waals surface area contributed by atoms with Crippen LogP contribution in [0.1, 0.15) is 29.5 Å². The van der Waals surface area contributed by atoms with Crippen LogP contribution in [0.3, 0.4) is 0 Å². The summed E-state index contributed by atoms with van der Waals surface area (Å²) in [5.74, 6) is -1.18. The Bertz CT molecular complexity index is 411. The van der Waals surface area contributed by atoms with Gasteiger partial charge in [-0.25, -0.2) is 0 Å². The summed E-state index contributed by atoms with van der Waals surface area (Å²) in [4.78, 5) is 0. The van der Waals surface area contributed by atoms with Gasteiger partial charge in [0.05, 0.1) is 5.92 Å². The van der Waals surface area contributed by atoms with E-state index in [1.54, 1.807) is 0 Å². The number of rotatable bonds is 2. The molecule has 0 aliphatic carbocycles. The topological polar surface area (TPSA) is 12.0 Å². The van der Waals surface area contributed by atoms with Crippen molar-refractivity contribution in [2.75, 3.05) is 6.54 Å². The highest BCUT2D eigenvalue weighted by Crippen LogP contribution is 2.32. The second-order valence-corrected chi connectivity index (χ2v) is 5.50. The van der Waals surface area contributed by atoms with Gasteiger partial charge in [-0.15, -0.1) is 0 Å². The molecule has 0 radical (unpaired) electrons. The molecule has 2 unspecified atom stereocenters. The Hall–Kier alpha value is -1.03. The van der Waals surface area contributed by atoms with Crippen molar-refractivity contribution in [2.24, 2.45) is 5.92 Å². The molecule has 1 heterocycles. The van der Waals surface area contributed by atoms with Gasteiger partial charge in [-0.1, -0.05) is 18.2 Å². The van der Waals surface area contributed by atoms with Crippen molar-refractivity contribution in [2.45, 2.75) is 45.3 Å². The van der Waals surface area contributed by atoms with E-state index in [4.69, 9.17) is 0 Å². The summed E-state index contributed by atoms with van der Waals surface area (Å²) in [7, 11) is 0. The highest BCUT2D eigenvalue weighted by atomic mass is 19.4. The molecule has 1 fully saturated rings. The molecule has 0 amide bonds. The quantitative estimate of drug-likeness (QED) is 0.863. The predicted molar refractivity (Wildman–Crippen MR) is 70.2 cm³/mol. The largest absolute Gasteiger partial charge is 0.393 e. The zero-order chi connectivity index (χ0) is 14.0. The van der Waals surface area contributed by atoms with E-state index in [9.17, 15) is 13.2 Å². The molecule has 0 aromatic heterocycles. The van der Waals surface area contributed by atoms with Gasteiger partial charge in [0, 0.05) is 12.6 Å². The third-order valence-corrected chi connectivity index (χ3v) is 4.07. The molecule has 0 spiro atoms. The standard InChI is InChI=1S/C15H20F3N/c1-10-4-3-5-11(2)14(10)8-13-7-6-12(9-19-13)15(16,17)18/h3-5,12-13,19H,6-9H2,1-2H3. The monoisotopic (exact) mass is 271 g/mol. The lowest BCUT2D eigenvalue weighted by Crippen LogP contribution is -2.45. The molecule has 19 heavy (non-hydrogen) atoms. The number of piperidine rings is 1. The number of aryl methyl sites for hydroxylation is 2. The average molecular weight is 271 g/mol. The fraction of sp³-hybridized carbons (Fsp3) is 0.600. The molecule has 1 aliphatic rings. The Balaban J connectivity index is 1.96. The van der Waals surface area contributed by atoms with E-state index in [1.807, 2.05) is 6.07 Å². The molecule has 1 saturated heterocycles. The summed E-state index contributed by atoms with van der Waals surface area (Å²) >= 11 is 0. The third-order valence-electron chi connectivity index (χ3n) is 4.07. The van der Waals surface area contributed by atoms with Crippen molar-refractivity contribution in [1.82, 2.24) is 5.32 Å². The van der Waals surface area contributed by atoms with Crippen LogP contribution >= 0.6 is 0 Å². The Labute approximate surface area is 112 Å². The van der Waals surface area contributed by atoms with E-state index < -0.39 is 12.1 Å². The minimum absolute atomic E-state index is 0.0547. The summed E-state index contributed by atoms with van der Waals surface area (Å²) in [6.07, 6.45) is -2.40. The molecule has 106 valence electrons. The molecular weight excluding hydrogens is 251 g/mol.